The molecule has 0 aliphatic heterocycles. The largest absolute Gasteiger partial charge is 0.497 e. The van der Waals surface area contributed by atoms with Gasteiger partial charge in [0, 0.05) is 16.8 Å². The molecule has 0 saturated carbocycles. The van der Waals surface area contributed by atoms with Gasteiger partial charge in [-0.2, -0.15) is 0 Å². The zero-order valence-corrected chi connectivity index (χ0v) is 12.7. The van der Waals surface area contributed by atoms with Gasteiger partial charge in [-0.3, -0.25) is 0 Å². The van der Waals surface area contributed by atoms with Crippen molar-refractivity contribution < 1.29 is 4.74 Å². The fraction of sp³-hybridized carbons (Fsp3) is 0.100. The minimum absolute atomic E-state index is 0.796. The van der Waals surface area contributed by atoms with Crippen LogP contribution in [-0.2, 0) is 0 Å². The molecule has 0 saturated heterocycles. The highest BCUT2D eigenvalue weighted by Crippen LogP contribution is 2.21. The molecule has 22 heavy (non-hydrogen) atoms. The van der Waals surface area contributed by atoms with Gasteiger partial charge in [0.1, 0.15) is 5.75 Å². The molecule has 0 fully saturated rings. The zero-order chi connectivity index (χ0) is 15.5. The summed E-state index contributed by atoms with van der Waals surface area (Å²) < 4.78 is 5.24. The molecule has 2 heteroatoms. The number of methoxy groups -OCH3 is 1. The number of hydrogen-bond acceptors (Lipinski definition) is 2. The Morgan fingerprint density at radius 2 is 1.45 bits per heavy atom. The molecule has 3 aromatic carbocycles. The van der Waals surface area contributed by atoms with Crippen LogP contribution in [-0.4, -0.2) is 7.11 Å². The highest BCUT2D eigenvalue weighted by molar-refractivity contribution is 5.85. The summed E-state index contributed by atoms with van der Waals surface area (Å²) in [6.45, 7) is 1.99. The van der Waals surface area contributed by atoms with Gasteiger partial charge in [0.2, 0.25) is 0 Å². The van der Waals surface area contributed by atoms with E-state index in [4.69, 9.17) is 10.5 Å². The third-order valence-corrected chi connectivity index (χ3v) is 3.67. The van der Waals surface area contributed by atoms with Crippen molar-refractivity contribution in [1.82, 2.24) is 0 Å². The van der Waals surface area contributed by atoms with E-state index in [0.29, 0.717) is 0 Å². The minimum Gasteiger partial charge on any atom is -0.497 e. The Morgan fingerprint density at radius 3 is 2.18 bits per heavy atom. The number of anilines is 1. The maximum atomic E-state index is 5.82. The van der Waals surface area contributed by atoms with E-state index in [1.165, 1.54) is 0 Å². The number of hydrogen-bond donors (Lipinski definition) is 1. The first-order valence-corrected chi connectivity index (χ1v) is 7.12. The monoisotopic (exact) mass is 287 g/mol. The van der Waals surface area contributed by atoms with Crippen molar-refractivity contribution in [2.24, 2.45) is 0 Å². The van der Waals surface area contributed by atoms with E-state index in [1.54, 1.807) is 7.11 Å². The van der Waals surface area contributed by atoms with Crippen LogP contribution in [0.15, 0.2) is 54.6 Å². The minimum atomic E-state index is 0.796. The molecule has 108 valence electrons. The summed E-state index contributed by atoms with van der Waals surface area (Å²) in [4.78, 5) is 0. The first kappa shape index (κ1) is 14.0. The summed E-state index contributed by atoms with van der Waals surface area (Å²) in [6, 6.07) is 18.1. The van der Waals surface area contributed by atoms with Crippen molar-refractivity contribution in [2.45, 2.75) is 6.92 Å². The van der Waals surface area contributed by atoms with Crippen LogP contribution in [0.4, 0.5) is 5.69 Å². The molecule has 0 heterocycles. The molecule has 3 aromatic rings. The standard InChI is InChI=1S/C20H17NO/c1-14-11-15(6-10-20(14)21)3-4-16-5-7-18-13-19(22-2)9-8-17(18)12-16/h5-13H,21H2,1-2H3. The van der Waals surface area contributed by atoms with Crippen LogP contribution in [0, 0.1) is 18.8 Å². The van der Waals surface area contributed by atoms with Crippen molar-refractivity contribution in [3.63, 3.8) is 0 Å². The predicted octanol–water partition coefficient (Wildman–Crippen LogP) is 4.14. The number of benzene rings is 3. The van der Waals surface area contributed by atoms with E-state index in [1.807, 2.05) is 49.4 Å². The first-order chi connectivity index (χ1) is 10.7. The molecule has 3 rings (SSSR count). The van der Waals surface area contributed by atoms with E-state index < -0.39 is 0 Å². The molecule has 2 N–H and O–H groups in total. The molecular weight excluding hydrogens is 270 g/mol. The molecule has 0 amide bonds. The molecule has 0 spiro atoms. The second-order valence-corrected chi connectivity index (χ2v) is 5.25. The highest BCUT2D eigenvalue weighted by Gasteiger charge is 1.98. The van der Waals surface area contributed by atoms with Gasteiger partial charge < -0.3 is 10.5 Å². The smallest absolute Gasteiger partial charge is 0.119 e. The first-order valence-electron chi connectivity index (χ1n) is 7.12. The topological polar surface area (TPSA) is 35.2 Å². The third-order valence-electron chi connectivity index (χ3n) is 3.67. The second-order valence-electron chi connectivity index (χ2n) is 5.25. The van der Waals surface area contributed by atoms with Crippen molar-refractivity contribution in [2.75, 3.05) is 12.8 Å². The van der Waals surface area contributed by atoms with E-state index in [0.717, 1.165) is 38.9 Å². The maximum Gasteiger partial charge on any atom is 0.119 e. The van der Waals surface area contributed by atoms with Crippen molar-refractivity contribution in [1.29, 1.82) is 0 Å². The Bertz CT molecular complexity index is 900. The summed E-state index contributed by atoms with van der Waals surface area (Å²) in [5.74, 6) is 7.26. The number of rotatable bonds is 1. The normalized spacial score (nSPS) is 10.1. The fourth-order valence-corrected chi connectivity index (χ4v) is 2.33. The molecule has 0 aliphatic rings. The highest BCUT2D eigenvalue weighted by atomic mass is 16.5. The van der Waals surface area contributed by atoms with Crippen LogP contribution < -0.4 is 10.5 Å². The van der Waals surface area contributed by atoms with Crippen molar-refractivity contribution in [3.05, 3.63) is 71.3 Å². The molecule has 2 nitrogen and oxygen atoms in total. The van der Waals surface area contributed by atoms with Gasteiger partial charge in [0.25, 0.3) is 0 Å². The van der Waals surface area contributed by atoms with E-state index in [-0.39, 0.29) is 0 Å². The van der Waals surface area contributed by atoms with Gasteiger partial charge in [-0.25, -0.2) is 0 Å². The van der Waals surface area contributed by atoms with E-state index in [9.17, 15) is 0 Å². The van der Waals surface area contributed by atoms with Crippen molar-refractivity contribution in [3.8, 4) is 17.6 Å². The summed E-state index contributed by atoms with van der Waals surface area (Å²) >= 11 is 0. The summed E-state index contributed by atoms with van der Waals surface area (Å²) in [7, 11) is 1.68. The molecular formula is C20H17NO. The van der Waals surface area contributed by atoms with Crippen LogP contribution in [0.5, 0.6) is 5.75 Å². The third kappa shape index (κ3) is 2.89. The van der Waals surface area contributed by atoms with Crippen LogP contribution in [0.2, 0.25) is 0 Å². The van der Waals surface area contributed by atoms with Crippen LogP contribution in [0.3, 0.4) is 0 Å². The molecule has 0 unspecified atom stereocenters. The van der Waals surface area contributed by atoms with Crippen LogP contribution in [0.1, 0.15) is 16.7 Å². The lowest BCUT2D eigenvalue weighted by Crippen LogP contribution is -1.89. The summed E-state index contributed by atoms with van der Waals surface area (Å²) in [5, 5.41) is 2.30. The number of nitrogens with two attached hydrogens (primary N) is 1. The van der Waals surface area contributed by atoms with Gasteiger partial charge in [-0.05, 0) is 65.7 Å². The van der Waals surface area contributed by atoms with Gasteiger partial charge in [-0.1, -0.05) is 24.0 Å². The molecule has 0 atom stereocenters. The Balaban J connectivity index is 1.94. The van der Waals surface area contributed by atoms with E-state index >= 15 is 0 Å². The van der Waals surface area contributed by atoms with Crippen LogP contribution >= 0.6 is 0 Å². The average molecular weight is 287 g/mol. The lowest BCUT2D eigenvalue weighted by Gasteiger charge is -2.02. The van der Waals surface area contributed by atoms with Crippen molar-refractivity contribution >= 4 is 16.5 Å². The number of ether oxygens (including phenoxy) is 1. The maximum absolute atomic E-state index is 5.82. The Labute approximate surface area is 130 Å². The van der Waals surface area contributed by atoms with Crippen LogP contribution in [0.25, 0.3) is 10.8 Å². The Kier molecular flexibility index (Phi) is 3.72. The summed E-state index contributed by atoms with van der Waals surface area (Å²) in [5.41, 5.74) is 9.64. The second kappa shape index (κ2) is 5.83. The lowest BCUT2D eigenvalue weighted by molar-refractivity contribution is 0.415. The average Bonchev–Trinajstić information content (AvgIpc) is 2.55. The van der Waals surface area contributed by atoms with Gasteiger partial charge in [0.05, 0.1) is 7.11 Å². The lowest BCUT2D eigenvalue weighted by atomic mass is 10.1. The molecule has 0 radical (unpaired) electrons. The van der Waals surface area contributed by atoms with Gasteiger partial charge in [-0.15, -0.1) is 0 Å². The SMILES string of the molecule is COc1ccc2cc(C#Cc3ccc(N)c(C)c3)ccc2c1. The Morgan fingerprint density at radius 1 is 0.818 bits per heavy atom. The quantitative estimate of drug-likeness (QED) is 0.539. The molecule has 0 bridgehead atoms. The zero-order valence-electron chi connectivity index (χ0n) is 12.7. The Hall–Kier alpha value is -2.92. The van der Waals surface area contributed by atoms with E-state index in [2.05, 4.69) is 24.0 Å². The van der Waals surface area contributed by atoms with Gasteiger partial charge in [0.15, 0.2) is 0 Å². The van der Waals surface area contributed by atoms with Gasteiger partial charge >= 0.3 is 0 Å². The summed E-state index contributed by atoms with van der Waals surface area (Å²) in [6.07, 6.45) is 0. The number of aryl methyl sites for hydroxylation is 1. The number of fused-ring (bicyclic) bond motifs is 1. The predicted molar refractivity (Wildman–Crippen MR) is 92.1 cm³/mol. The molecule has 0 aliphatic carbocycles. The molecule has 0 aromatic heterocycles. The number of nitrogen functional groups attached to an aromatic ring is 1. The fourth-order valence-electron chi connectivity index (χ4n) is 2.33.